The number of hydrogen-bond acceptors (Lipinski definition) is 1. The third-order valence-corrected chi connectivity index (χ3v) is 6.92. The molecule has 1 aromatic rings. The molecular formula is C21H32ClN. The lowest BCUT2D eigenvalue weighted by Gasteiger charge is -2.38. The third kappa shape index (κ3) is 3.61. The number of benzene rings is 1. The molecular weight excluding hydrogens is 302 g/mol. The van der Waals surface area contributed by atoms with Crippen molar-refractivity contribution < 1.29 is 0 Å². The van der Waals surface area contributed by atoms with E-state index in [4.69, 9.17) is 17.3 Å². The van der Waals surface area contributed by atoms with Gasteiger partial charge in [0.2, 0.25) is 0 Å². The standard InChI is InChI=1S/C21H32ClN/c1-20(2)12-8-16(9-13-20)18-7-6-17(14-19(18)22)21(15-23)10-4-3-5-11-21/h6-7,14,16H,3-5,8-13,15,23H2,1-2H3. The van der Waals surface area contributed by atoms with E-state index in [2.05, 4.69) is 32.0 Å². The first-order valence-electron chi connectivity index (χ1n) is 9.46. The zero-order valence-electron chi connectivity index (χ0n) is 14.8. The Labute approximate surface area is 147 Å². The Morgan fingerprint density at radius 1 is 1.04 bits per heavy atom. The molecule has 0 bridgehead atoms. The highest BCUT2D eigenvalue weighted by atomic mass is 35.5. The molecule has 2 saturated carbocycles. The van der Waals surface area contributed by atoms with Crippen LogP contribution >= 0.6 is 11.6 Å². The Hall–Kier alpha value is -0.530. The van der Waals surface area contributed by atoms with Gasteiger partial charge in [-0.3, -0.25) is 0 Å². The second kappa shape index (κ2) is 6.76. The van der Waals surface area contributed by atoms with Gasteiger partial charge >= 0.3 is 0 Å². The Morgan fingerprint density at radius 3 is 2.26 bits per heavy atom. The van der Waals surface area contributed by atoms with Crippen LogP contribution in [0.3, 0.4) is 0 Å². The van der Waals surface area contributed by atoms with Gasteiger partial charge in [-0.15, -0.1) is 0 Å². The lowest BCUT2D eigenvalue weighted by molar-refractivity contribution is 0.224. The van der Waals surface area contributed by atoms with Crippen LogP contribution in [0, 0.1) is 5.41 Å². The molecule has 0 spiro atoms. The van der Waals surface area contributed by atoms with Crippen LogP contribution in [0.4, 0.5) is 0 Å². The van der Waals surface area contributed by atoms with E-state index in [0.717, 1.165) is 11.6 Å². The zero-order valence-corrected chi connectivity index (χ0v) is 15.6. The minimum atomic E-state index is 0.176. The van der Waals surface area contributed by atoms with E-state index in [-0.39, 0.29) is 5.41 Å². The fraction of sp³-hybridized carbons (Fsp3) is 0.714. The van der Waals surface area contributed by atoms with Crippen molar-refractivity contribution in [2.24, 2.45) is 11.1 Å². The summed E-state index contributed by atoms with van der Waals surface area (Å²) in [4.78, 5) is 0. The number of halogens is 1. The molecule has 23 heavy (non-hydrogen) atoms. The Morgan fingerprint density at radius 2 is 1.70 bits per heavy atom. The van der Waals surface area contributed by atoms with Crippen LogP contribution in [0.5, 0.6) is 0 Å². The molecule has 1 nitrogen and oxygen atoms in total. The molecule has 0 radical (unpaired) electrons. The van der Waals surface area contributed by atoms with Crippen LogP contribution in [-0.4, -0.2) is 6.54 Å². The molecule has 0 unspecified atom stereocenters. The van der Waals surface area contributed by atoms with Crippen molar-refractivity contribution >= 4 is 11.6 Å². The molecule has 2 aliphatic rings. The highest BCUT2D eigenvalue weighted by molar-refractivity contribution is 6.31. The highest BCUT2D eigenvalue weighted by Gasteiger charge is 2.34. The molecule has 128 valence electrons. The van der Waals surface area contributed by atoms with E-state index < -0.39 is 0 Å². The third-order valence-electron chi connectivity index (χ3n) is 6.59. The largest absolute Gasteiger partial charge is 0.330 e. The topological polar surface area (TPSA) is 26.0 Å². The number of nitrogens with two attached hydrogens (primary N) is 1. The molecule has 2 aliphatic carbocycles. The maximum absolute atomic E-state index is 6.73. The monoisotopic (exact) mass is 333 g/mol. The van der Waals surface area contributed by atoms with Crippen molar-refractivity contribution in [3.63, 3.8) is 0 Å². The van der Waals surface area contributed by atoms with Crippen LogP contribution in [-0.2, 0) is 5.41 Å². The Kier molecular flexibility index (Phi) is 5.09. The van der Waals surface area contributed by atoms with Gasteiger partial charge in [0.15, 0.2) is 0 Å². The van der Waals surface area contributed by atoms with Gasteiger partial charge in [-0.1, -0.05) is 56.8 Å². The average Bonchev–Trinajstić information content (AvgIpc) is 2.56. The molecule has 2 N–H and O–H groups in total. The van der Waals surface area contributed by atoms with Gasteiger partial charge in [0.05, 0.1) is 0 Å². The summed E-state index contributed by atoms with van der Waals surface area (Å²) in [5, 5.41) is 0.977. The van der Waals surface area contributed by atoms with E-state index in [1.54, 1.807) is 0 Å². The molecule has 1 aromatic carbocycles. The number of rotatable bonds is 3. The van der Waals surface area contributed by atoms with Gasteiger partial charge < -0.3 is 5.73 Å². The molecule has 3 rings (SSSR count). The lowest BCUT2D eigenvalue weighted by Crippen LogP contribution is -2.37. The minimum absolute atomic E-state index is 0.176. The normalized spacial score (nSPS) is 24.5. The first-order chi connectivity index (χ1) is 11.0. The second-order valence-electron chi connectivity index (χ2n) is 8.72. The molecule has 0 aromatic heterocycles. The van der Waals surface area contributed by atoms with Crippen LogP contribution in [0.2, 0.25) is 5.02 Å². The van der Waals surface area contributed by atoms with E-state index in [1.807, 2.05) is 0 Å². The van der Waals surface area contributed by atoms with Gasteiger partial charge in [0.1, 0.15) is 0 Å². The average molecular weight is 334 g/mol. The van der Waals surface area contributed by atoms with E-state index >= 15 is 0 Å². The number of hydrogen-bond donors (Lipinski definition) is 1. The summed E-state index contributed by atoms with van der Waals surface area (Å²) in [5.74, 6) is 0.643. The predicted molar refractivity (Wildman–Crippen MR) is 100 cm³/mol. The van der Waals surface area contributed by atoms with Crippen molar-refractivity contribution in [2.45, 2.75) is 83.0 Å². The Balaban J connectivity index is 1.81. The van der Waals surface area contributed by atoms with E-state index in [1.165, 1.54) is 68.9 Å². The van der Waals surface area contributed by atoms with Crippen LogP contribution in [0.15, 0.2) is 18.2 Å². The molecule has 2 heteroatoms. The lowest BCUT2D eigenvalue weighted by atomic mass is 9.68. The van der Waals surface area contributed by atoms with Crippen molar-refractivity contribution in [3.05, 3.63) is 34.3 Å². The minimum Gasteiger partial charge on any atom is -0.330 e. The molecule has 2 fully saturated rings. The zero-order chi connectivity index (χ0) is 16.5. The van der Waals surface area contributed by atoms with Crippen LogP contribution in [0.1, 0.15) is 88.7 Å². The maximum Gasteiger partial charge on any atom is 0.0443 e. The molecule has 0 amide bonds. The fourth-order valence-electron chi connectivity index (χ4n) is 4.74. The van der Waals surface area contributed by atoms with Gasteiger partial charge in [-0.05, 0) is 67.1 Å². The van der Waals surface area contributed by atoms with E-state index in [9.17, 15) is 0 Å². The Bertz CT molecular complexity index is 533. The first kappa shape index (κ1) is 17.3. The predicted octanol–water partition coefficient (Wildman–Crippen LogP) is 6.18. The SMILES string of the molecule is CC1(C)CCC(c2ccc(C3(CN)CCCCC3)cc2Cl)CC1. The quantitative estimate of drug-likeness (QED) is 0.701. The van der Waals surface area contributed by atoms with Gasteiger partial charge in [0.25, 0.3) is 0 Å². The fourth-order valence-corrected chi connectivity index (χ4v) is 5.07. The van der Waals surface area contributed by atoms with Crippen LogP contribution in [0.25, 0.3) is 0 Å². The molecule has 0 saturated heterocycles. The van der Waals surface area contributed by atoms with E-state index in [0.29, 0.717) is 11.3 Å². The smallest absolute Gasteiger partial charge is 0.0443 e. The van der Waals surface area contributed by atoms with Crippen molar-refractivity contribution in [2.75, 3.05) is 6.54 Å². The summed E-state index contributed by atoms with van der Waals surface area (Å²) in [6, 6.07) is 6.89. The summed E-state index contributed by atoms with van der Waals surface area (Å²) in [6.45, 7) is 5.53. The van der Waals surface area contributed by atoms with Crippen LogP contribution < -0.4 is 5.73 Å². The maximum atomic E-state index is 6.73. The highest BCUT2D eigenvalue weighted by Crippen LogP contribution is 2.45. The van der Waals surface area contributed by atoms with Crippen molar-refractivity contribution in [1.29, 1.82) is 0 Å². The summed E-state index contributed by atoms with van der Waals surface area (Å²) in [5.41, 5.74) is 9.62. The van der Waals surface area contributed by atoms with Gasteiger partial charge in [-0.2, -0.15) is 0 Å². The summed E-state index contributed by atoms with van der Waals surface area (Å²) in [7, 11) is 0. The first-order valence-corrected chi connectivity index (χ1v) is 9.84. The molecule has 0 atom stereocenters. The van der Waals surface area contributed by atoms with Crippen molar-refractivity contribution in [3.8, 4) is 0 Å². The van der Waals surface area contributed by atoms with Gasteiger partial charge in [0, 0.05) is 17.0 Å². The van der Waals surface area contributed by atoms with Crippen molar-refractivity contribution in [1.82, 2.24) is 0 Å². The summed E-state index contributed by atoms with van der Waals surface area (Å²) >= 11 is 6.73. The summed E-state index contributed by atoms with van der Waals surface area (Å²) in [6.07, 6.45) is 11.6. The molecule has 0 heterocycles. The summed E-state index contributed by atoms with van der Waals surface area (Å²) < 4.78 is 0. The van der Waals surface area contributed by atoms with Gasteiger partial charge in [-0.25, -0.2) is 0 Å². The second-order valence-corrected chi connectivity index (χ2v) is 9.13. The molecule has 0 aliphatic heterocycles.